The van der Waals surface area contributed by atoms with E-state index in [4.69, 9.17) is 15.4 Å². The Morgan fingerprint density at radius 1 is 1.32 bits per heavy atom. The van der Waals surface area contributed by atoms with Crippen LogP contribution < -0.4 is 0 Å². The third-order valence-corrected chi connectivity index (χ3v) is 3.94. The van der Waals surface area contributed by atoms with Crippen LogP contribution in [0.1, 0.15) is 16.8 Å². The second-order valence-electron chi connectivity index (χ2n) is 4.04. The van der Waals surface area contributed by atoms with E-state index in [0.717, 1.165) is 6.42 Å². The van der Waals surface area contributed by atoms with Crippen LogP contribution in [-0.2, 0) is 13.8 Å². The van der Waals surface area contributed by atoms with Gasteiger partial charge >= 0.3 is 0 Å². The molecule has 0 aliphatic heterocycles. The van der Waals surface area contributed by atoms with Crippen LogP contribution in [0.2, 0.25) is 0 Å². The zero-order valence-corrected chi connectivity index (χ0v) is 12.4. The minimum absolute atomic E-state index is 0.0206. The SMILES string of the molecule is COCCCN(C)C(=O)c1ccc(S(=O)(=O)Cl)cc1. The van der Waals surface area contributed by atoms with Gasteiger partial charge in [-0.3, -0.25) is 4.79 Å². The lowest BCUT2D eigenvalue weighted by Gasteiger charge is -2.16. The number of hydrogen-bond donors (Lipinski definition) is 0. The van der Waals surface area contributed by atoms with Crippen LogP contribution >= 0.6 is 10.7 Å². The first-order valence-electron chi connectivity index (χ1n) is 5.65. The molecular weight excluding hydrogens is 290 g/mol. The number of nitrogens with zero attached hydrogens (tertiary/aromatic N) is 1. The molecule has 0 atom stereocenters. The molecule has 0 aromatic heterocycles. The molecule has 0 unspecified atom stereocenters. The van der Waals surface area contributed by atoms with Gasteiger partial charge in [0.25, 0.3) is 15.0 Å². The number of methoxy groups -OCH3 is 1. The summed E-state index contributed by atoms with van der Waals surface area (Å²) in [7, 11) is 4.74. The van der Waals surface area contributed by atoms with Crippen LogP contribution in [0.25, 0.3) is 0 Å². The van der Waals surface area contributed by atoms with Crippen molar-refractivity contribution in [2.45, 2.75) is 11.3 Å². The Hall–Kier alpha value is -1.11. The zero-order valence-electron chi connectivity index (χ0n) is 10.8. The third kappa shape index (κ3) is 4.81. The van der Waals surface area contributed by atoms with Gasteiger partial charge in [0.2, 0.25) is 0 Å². The number of rotatable bonds is 6. The topological polar surface area (TPSA) is 63.7 Å². The number of hydrogen-bond acceptors (Lipinski definition) is 4. The summed E-state index contributed by atoms with van der Waals surface area (Å²) in [6, 6.07) is 5.53. The van der Waals surface area contributed by atoms with Crippen LogP contribution in [0, 0.1) is 0 Å². The minimum Gasteiger partial charge on any atom is -0.385 e. The van der Waals surface area contributed by atoms with Gasteiger partial charge in [0.1, 0.15) is 0 Å². The largest absolute Gasteiger partial charge is 0.385 e. The van der Waals surface area contributed by atoms with E-state index in [-0.39, 0.29) is 10.8 Å². The molecule has 5 nitrogen and oxygen atoms in total. The van der Waals surface area contributed by atoms with Gasteiger partial charge in [-0.05, 0) is 30.7 Å². The standard InChI is InChI=1S/C12H16ClNO4S/c1-14(8-3-9-18-2)12(15)10-4-6-11(7-5-10)19(13,16)17/h4-7H,3,8-9H2,1-2H3. The second kappa shape index (κ2) is 6.88. The fraction of sp³-hybridized carbons (Fsp3) is 0.417. The Bertz CT molecular complexity index is 527. The van der Waals surface area contributed by atoms with E-state index in [0.29, 0.717) is 18.7 Å². The van der Waals surface area contributed by atoms with E-state index in [2.05, 4.69) is 0 Å². The van der Waals surface area contributed by atoms with Crippen molar-refractivity contribution in [2.75, 3.05) is 27.3 Å². The molecule has 0 N–H and O–H groups in total. The Kier molecular flexibility index (Phi) is 5.78. The minimum atomic E-state index is -3.75. The van der Waals surface area contributed by atoms with E-state index >= 15 is 0 Å². The summed E-state index contributed by atoms with van der Waals surface area (Å²) >= 11 is 0. The average molecular weight is 306 g/mol. The highest BCUT2D eigenvalue weighted by molar-refractivity contribution is 8.13. The molecule has 0 heterocycles. The number of carbonyl (C=O) groups excluding carboxylic acids is 1. The van der Waals surface area contributed by atoms with E-state index in [1.54, 1.807) is 19.1 Å². The molecule has 106 valence electrons. The molecule has 1 rings (SSSR count). The Morgan fingerprint density at radius 2 is 1.89 bits per heavy atom. The van der Waals surface area contributed by atoms with Gasteiger partial charge in [-0.25, -0.2) is 8.42 Å². The Morgan fingerprint density at radius 3 is 2.37 bits per heavy atom. The molecule has 0 spiro atoms. The smallest absolute Gasteiger partial charge is 0.261 e. The van der Waals surface area contributed by atoms with Crippen molar-refractivity contribution < 1.29 is 17.9 Å². The molecule has 19 heavy (non-hydrogen) atoms. The molecule has 1 aromatic rings. The first-order valence-corrected chi connectivity index (χ1v) is 7.96. The monoisotopic (exact) mass is 305 g/mol. The molecule has 0 radical (unpaired) electrons. The maximum Gasteiger partial charge on any atom is 0.261 e. The normalized spacial score (nSPS) is 11.3. The van der Waals surface area contributed by atoms with Crippen molar-refractivity contribution in [1.82, 2.24) is 4.90 Å². The van der Waals surface area contributed by atoms with Gasteiger partial charge in [0.15, 0.2) is 0 Å². The number of carbonyl (C=O) groups is 1. The Labute approximate surface area is 117 Å². The van der Waals surface area contributed by atoms with Crippen molar-refractivity contribution in [1.29, 1.82) is 0 Å². The van der Waals surface area contributed by atoms with Crippen molar-refractivity contribution in [3.05, 3.63) is 29.8 Å². The van der Waals surface area contributed by atoms with Gasteiger partial charge in [0, 0.05) is 43.6 Å². The summed E-state index contributed by atoms with van der Waals surface area (Å²) in [5.41, 5.74) is 0.420. The molecular formula is C12H16ClNO4S. The van der Waals surface area contributed by atoms with Gasteiger partial charge in [-0.2, -0.15) is 0 Å². The van der Waals surface area contributed by atoms with E-state index in [9.17, 15) is 13.2 Å². The lowest BCUT2D eigenvalue weighted by molar-refractivity contribution is 0.0779. The van der Waals surface area contributed by atoms with Gasteiger partial charge in [0.05, 0.1) is 4.90 Å². The molecule has 1 amide bonds. The van der Waals surface area contributed by atoms with Gasteiger partial charge < -0.3 is 9.64 Å². The summed E-state index contributed by atoms with van der Waals surface area (Å²) < 4.78 is 27.1. The Balaban J connectivity index is 2.73. The molecule has 0 saturated heterocycles. The summed E-state index contributed by atoms with van der Waals surface area (Å²) in [5, 5.41) is 0. The maximum atomic E-state index is 12.0. The van der Waals surface area contributed by atoms with Crippen molar-refractivity contribution in [2.24, 2.45) is 0 Å². The van der Waals surface area contributed by atoms with Crippen LogP contribution in [0.15, 0.2) is 29.2 Å². The maximum absolute atomic E-state index is 12.0. The molecule has 0 aliphatic carbocycles. The van der Waals surface area contributed by atoms with E-state index < -0.39 is 9.05 Å². The fourth-order valence-electron chi connectivity index (χ4n) is 1.53. The molecule has 0 fully saturated rings. The van der Waals surface area contributed by atoms with Crippen LogP contribution in [0.5, 0.6) is 0 Å². The highest BCUT2D eigenvalue weighted by atomic mass is 35.7. The zero-order chi connectivity index (χ0) is 14.5. The number of halogens is 1. The fourth-order valence-corrected chi connectivity index (χ4v) is 2.30. The van der Waals surface area contributed by atoms with Crippen molar-refractivity contribution >= 4 is 25.6 Å². The highest BCUT2D eigenvalue weighted by Gasteiger charge is 2.14. The number of amides is 1. The summed E-state index contributed by atoms with van der Waals surface area (Å²) in [4.78, 5) is 13.5. The van der Waals surface area contributed by atoms with Crippen molar-refractivity contribution in [3.8, 4) is 0 Å². The molecule has 7 heteroatoms. The number of ether oxygens (including phenoxy) is 1. The molecule has 0 aliphatic rings. The first kappa shape index (κ1) is 15.9. The molecule has 0 saturated carbocycles. The third-order valence-electron chi connectivity index (χ3n) is 2.57. The lowest BCUT2D eigenvalue weighted by atomic mass is 10.2. The van der Waals surface area contributed by atoms with Gasteiger partial charge in [-0.15, -0.1) is 0 Å². The predicted molar refractivity (Wildman–Crippen MR) is 72.9 cm³/mol. The summed E-state index contributed by atoms with van der Waals surface area (Å²) in [5.74, 6) is -0.172. The average Bonchev–Trinajstić information content (AvgIpc) is 2.37. The highest BCUT2D eigenvalue weighted by Crippen LogP contribution is 2.16. The quantitative estimate of drug-likeness (QED) is 0.593. The lowest BCUT2D eigenvalue weighted by Crippen LogP contribution is -2.28. The second-order valence-corrected chi connectivity index (χ2v) is 6.60. The van der Waals surface area contributed by atoms with Crippen LogP contribution in [-0.4, -0.2) is 46.5 Å². The van der Waals surface area contributed by atoms with E-state index in [1.807, 2.05) is 0 Å². The molecule has 0 bridgehead atoms. The van der Waals surface area contributed by atoms with Crippen LogP contribution in [0.4, 0.5) is 0 Å². The van der Waals surface area contributed by atoms with E-state index in [1.165, 1.54) is 24.3 Å². The predicted octanol–water partition coefficient (Wildman–Crippen LogP) is 1.72. The van der Waals surface area contributed by atoms with Crippen LogP contribution in [0.3, 0.4) is 0 Å². The summed E-state index contributed by atoms with van der Waals surface area (Å²) in [6.45, 7) is 1.16. The van der Waals surface area contributed by atoms with Crippen molar-refractivity contribution in [3.63, 3.8) is 0 Å². The summed E-state index contributed by atoms with van der Waals surface area (Å²) in [6.07, 6.45) is 0.743. The molecule has 1 aromatic carbocycles. The van der Waals surface area contributed by atoms with Gasteiger partial charge in [-0.1, -0.05) is 0 Å². The number of benzene rings is 1. The first-order chi connectivity index (χ1) is 8.86.